The van der Waals surface area contributed by atoms with Gasteiger partial charge in [0.2, 0.25) is 12.3 Å². The van der Waals surface area contributed by atoms with Crippen LogP contribution < -0.4 is 5.32 Å². The summed E-state index contributed by atoms with van der Waals surface area (Å²) in [4.78, 5) is 14.8. The van der Waals surface area contributed by atoms with Crippen molar-refractivity contribution < 1.29 is 9.21 Å². The number of hydrogen-bond donors (Lipinski definition) is 1. The number of nitrogens with one attached hydrogen (secondary N) is 1. The molecule has 0 aliphatic heterocycles. The molecule has 0 spiro atoms. The van der Waals surface area contributed by atoms with E-state index in [4.69, 9.17) is 4.42 Å². The van der Waals surface area contributed by atoms with E-state index in [1.165, 1.54) is 5.56 Å². The molecule has 1 N–H and O–H groups in total. The van der Waals surface area contributed by atoms with Crippen LogP contribution in [0.5, 0.6) is 0 Å². The molecule has 0 unspecified atom stereocenters. The molecular weight excluding hydrogens is 240 g/mol. The maximum absolute atomic E-state index is 10.4. The zero-order chi connectivity index (χ0) is 13.2. The number of oxazole rings is 1. The third kappa shape index (κ3) is 2.20. The molecule has 19 heavy (non-hydrogen) atoms. The van der Waals surface area contributed by atoms with Crippen molar-refractivity contribution in [1.29, 1.82) is 0 Å². The third-order valence-corrected chi connectivity index (χ3v) is 2.91. The highest BCUT2D eigenvalue weighted by Gasteiger charge is 2.08. The number of amides is 1. The van der Waals surface area contributed by atoms with Crippen LogP contribution in [0.2, 0.25) is 0 Å². The van der Waals surface area contributed by atoms with Crippen molar-refractivity contribution in [3.8, 4) is 11.5 Å². The average molecular weight is 252 g/mol. The molecule has 0 atom stereocenters. The Hall–Kier alpha value is -2.62. The van der Waals surface area contributed by atoms with E-state index in [0.717, 1.165) is 11.1 Å². The second kappa shape index (κ2) is 4.57. The summed E-state index contributed by atoms with van der Waals surface area (Å²) in [6.07, 6.45) is 0.637. The first-order chi connectivity index (χ1) is 9.26. The Labute approximate surface area is 110 Å². The fraction of sp³-hybridized carbons (Fsp3) is 0.0667. The molecular formula is C15H12N2O2. The predicted octanol–water partition coefficient (Wildman–Crippen LogP) is 3.37. The summed E-state index contributed by atoms with van der Waals surface area (Å²) >= 11 is 0. The Bertz CT molecular complexity index is 729. The van der Waals surface area contributed by atoms with Crippen LogP contribution in [0.4, 0.5) is 5.69 Å². The molecule has 4 heteroatoms. The number of fused-ring (bicyclic) bond motifs is 1. The van der Waals surface area contributed by atoms with E-state index in [1.54, 1.807) is 12.1 Å². The first-order valence-corrected chi connectivity index (χ1v) is 5.94. The van der Waals surface area contributed by atoms with Crippen LogP contribution in [-0.4, -0.2) is 11.4 Å². The maximum Gasteiger partial charge on any atom is 0.227 e. The van der Waals surface area contributed by atoms with E-state index in [9.17, 15) is 4.79 Å². The fourth-order valence-electron chi connectivity index (χ4n) is 1.90. The molecule has 1 heterocycles. The average Bonchev–Trinajstić information content (AvgIpc) is 2.83. The van der Waals surface area contributed by atoms with Crippen LogP contribution in [0.3, 0.4) is 0 Å². The van der Waals surface area contributed by atoms with Crippen molar-refractivity contribution in [3.05, 3.63) is 48.0 Å². The molecule has 0 saturated carbocycles. The molecule has 2 aromatic carbocycles. The van der Waals surface area contributed by atoms with Crippen molar-refractivity contribution in [2.45, 2.75) is 6.92 Å². The quantitative estimate of drug-likeness (QED) is 0.727. The van der Waals surface area contributed by atoms with Crippen LogP contribution >= 0.6 is 0 Å². The number of rotatable bonds is 3. The van der Waals surface area contributed by atoms with Crippen molar-refractivity contribution in [2.75, 3.05) is 5.32 Å². The van der Waals surface area contributed by atoms with Gasteiger partial charge in [-0.3, -0.25) is 4.79 Å². The summed E-state index contributed by atoms with van der Waals surface area (Å²) in [5.74, 6) is 0.582. The van der Waals surface area contributed by atoms with E-state index in [-0.39, 0.29) is 0 Å². The number of carbonyl (C=O) groups excluding carboxylic acids is 1. The van der Waals surface area contributed by atoms with Gasteiger partial charge in [0.05, 0.1) is 0 Å². The molecule has 0 radical (unpaired) electrons. The van der Waals surface area contributed by atoms with Crippen LogP contribution in [0, 0.1) is 6.92 Å². The maximum atomic E-state index is 10.4. The summed E-state index contributed by atoms with van der Waals surface area (Å²) in [7, 11) is 0. The van der Waals surface area contributed by atoms with Gasteiger partial charge in [0.1, 0.15) is 5.52 Å². The van der Waals surface area contributed by atoms with Crippen LogP contribution in [0.1, 0.15) is 5.56 Å². The summed E-state index contributed by atoms with van der Waals surface area (Å²) in [6, 6.07) is 13.4. The molecule has 0 aliphatic carbocycles. The van der Waals surface area contributed by atoms with Gasteiger partial charge in [-0.15, -0.1) is 0 Å². The third-order valence-electron chi connectivity index (χ3n) is 2.91. The fourth-order valence-corrected chi connectivity index (χ4v) is 1.90. The molecule has 0 fully saturated rings. The smallest absolute Gasteiger partial charge is 0.227 e. The van der Waals surface area contributed by atoms with E-state index in [0.29, 0.717) is 23.6 Å². The number of anilines is 1. The number of aryl methyl sites for hydroxylation is 1. The topological polar surface area (TPSA) is 55.1 Å². The minimum absolute atomic E-state index is 0.582. The van der Waals surface area contributed by atoms with Crippen molar-refractivity contribution >= 4 is 23.2 Å². The normalized spacial score (nSPS) is 10.6. The van der Waals surface area contributed by atoms with Gasteiger partial charge in [-0.05, 0) is 31.2 Å². The second-order valence-corrected chi connectivity index (χ2v) is 4.33. The van der Waals surface area contributed by atoms with E-state index in [2.05, 4.69) is 10.3 Å². The highest BCUT2D eigenvalue weighted by Crippen LogP contribution is 2.26. The number of hydrogen-bond acceptors (Lipinski definition) is 3. The Morgan fingerprint density at radius 1 is 1.16 bits per heavy atom. The number of nitrogens with zero attached hydrogens (tertiary/aromatic N) is 1. The van der Waals surface area contributed by atoms with Crippen molar-refractivity contribution in [1.82, 2.24) is 4.98 Å². The molecule has 0 bridgehead atoms. The molecule has 4 nitrogen and oxygen atoms in total. The lowest BCUT2D eigenvalue weighted by atomic mass is 10.1. The first-order valence-electron chi connectivity index (χ1n) is 5.94. The van der Waals surface area contributed by atoms with E-state index in [1.807, 2.05) is 37.3 Å². The van der Waals surface area contributed by atoms with Gasteiger partial charge in [0, 0.05) is 17.3 Å². The molecule has 0 saturated heterocycles. The number of benzene rings is 2. The van der Waals surface area contributed by atoms with Gasteiger partial charge < -0.3 is 9.73 Å². The van der Waals surface area contributed by atoms with Crippen molar-refractivity contribution in [2.24, 2.45) is 0 Å². The van der Waals surface area contributed by atoms with Gasteiger partial charge in [0.25, 0.3) is 0 Å². The zero-order valence-electron chi connectivity index (χ0n) is 10.4. The van der Waals surface area contributed by atoms with Crippen LogP contribution in [0.15, 0.2) is 46.9 Å². The van der Waals surface area contributed by atoms with Gasteiger partial charge in [-0.25, -0.2) is 4.98 Å². The largest absolute Gasteiger partial charge is 0.436 e. The van der Waals surface area contributed by atoms with Crippen LogP contribution in [-0.2, 0) is 4.79 Å². The molecule has 3 aromatic rings. The van der Waals surface area contributed by atoms with Gasteiger partial charge >= 0.3 is 0 Å². The predicted molar refractivity (Wildman–Crippen MR) is 73.9 cm³/mol. The monoisotopic (exact) mass is 252 g/mol. The molecule has 1 aromatic heterocycles. The molecule has 0 aliphatic rings. The minimum atomic E-state index is 0.582. The lowest BCUT2D eigenvalue weighted by Gasteiger charge is -1.96. The Balaban J connectivity index is 2.05. The van der Waals surface area contributed by atoms with Gasteiger partial charge in [-0.1, -0.05) is 17.7 Å². The van der Waals surface area contributed by atoms with Crippen LogP contribution in [0.25, 0.3) is 22.6 Å². The minimum Gasteiger partial charge on any atom is -0.436 e. The number of aromatic nitrogens is 1. The Morgan fingerprint density at radius 3 is 2.68 bits per heavy atom. The lowest BCUT2D eigenvalue weighted by molar-refractivity contribution is -0.105. The summed E-state index contributed by atoms with van der Waals surface area (Å²) in [6.45, 7) is 2.03. The van der Waals surface area contributed by atoms with E-state index >= 15 is 0 Å². The van der Waals surface area contributed by atoms with E-state index < -0.39 is 0 Å². The zero-order valence-corrected chi connectivity index (χ0v) is 10.4. The second-order valence-electron chi connectivity index (χ2n) is 4.33. The standard InChI is InChI=1S/C15H12N2O2/c1-10-2-4-11(5-3-10)15-17-13-7-6-12(16-9-18)8-14(13)19-15/h2-9H,1H3,(H,16,18). The summed E-state index contributed by atoms with van der Waals surface area (Å²) in [5.41, 5.74) is 4.24. The molecule has 1 amide bonds. The highest BCUT2D eigenvalue weighted by atomic mass is 16.3. The SMILES string of the molecule is Cc1ccc(-c2nc3ccc(NC=O)cc3o2)cc1. The van der Waals surface area contributed by atoms with Gasteiger partial charge in [-0.2, -0.15) is 0 Å². The summed E-state index contributed by atoms with van der Waals surface area (Å²) < 4.78 is 5.71. The molecule has 94 valence electrons. The number of carbonyl (C=O) groups is 1. The van der Waals surface area contributed by atoms with Crippen molar-refractivity contribution in [3.63, 3.8) is 0 Å². The highest BCUT2D eigenvalue weighted by molar-refractivity contribution is 5.83. The summed E-state index contributed by atoms with van der Waals surface area (Å²) in [5, 5.41) is 2.59. The lowest BCUT2D eigenvalue weighted by Crippen LogP contribution is -1.92. The Kier molecular flexibility index (Phi) is 2.76. The molecule has 3 rings (SSSR count). The van der Waals surface area contributed by atoms with Gasteiger partial charge in [0.15, 0.2) is 5.58 Å². The Morgan fingerprint density at radius 2 is 1.95 bits per heavy atom. The first kappa shape index (κ1) is 11.5.